The molecule has 0 spiro atoms. The van der Waals surface area contributed by atoms with Gasteiger partial charge < -0.3 is 5.32 Å². The van der Waals surface area contributed by atoms with Gasteiger partial charge in [0.25, 0.3) is 0 Å². The van der Waals surface area contributed by atoms with E-state index in [0.29, 0.717) is 23.2 Å². The van der Waals surface area contributed by atoms with E-state index in [-0.39, 0.29) is 18.3 Å². The molecule has 3 rings (SSSR count). The van der Waals surface area contributed by atoms with Crippen LogP contribution in [0.25, 0.3) is 0 Å². The highest BCUT2D eigenvalue weighted by Crippen LogP contribution is 2.30. The minimum absolute atomic E-state index is 0.0831. The van der Waals surface area contributed by atoms with Crippen LogP contribution in [0.4, 0.5) is 10.1 Å². The van der Waals surface area contributed by atoms with Crippen molar-refractivity contribution in [2.75, 3.05) is 11.9 Å². The molecular formula is C20H22ClFN2O. The first-order valence-electron chi connectivity index (χ1n) is 8.63. The molecule has 1 aliphatic rings. The number of rotatable bonds is 7. The van der Waals surface area contributed by atoms with Crippen LogP contribution in [0, 0.1) is 5.82 Å². The van der Waals surface area contributed by atoms with Crippen LogP contribution in [0.5, 0.6) is 0 Å². The van der Waals surface area contributed by atoms with Crippen molar-refractivity contribution in [2.45, 2.75) is 38.8 Å². The van der Waals surface area contributed by atoms with Crippen molar-refractivity contribution in [3.63, 3.8) is 0 Å². The Morgan fingerprint density at radius 2 is 2.00 bits per heavy atom. The summed E-state index contributed by atoms with van der Waals surface area (Å²) in [5.74, 6) is -0.407. The summed E-state index contributed by atoms with van der Waals surface area (Å²) in [4.78, 5) is 14.5. The second-order valence-corrected chi connectivity index (χ2v) is 6.80. The average molecular weight is 361 g/mol. The highest BCUT2D eigenvalue weighted by Gasteiger charge is 2.31. The Morgan fingerprint density at radius 3 is 2.68 bits per heavy atom. The Hall–Kier alpha value is -1.91. The Labute approximate surface area is 152 Å². The maximum Gasteiger partial charge on any atom is 0.238 e. The molecule has 0 saturated heterocycles. The van der Waals surface area contributed by atoms with Crippen molar-refractivity contribution in [3.05, 3.63) is 64.4 Å². The van der Waals surface area contributed by atoms with Gasteiger partial charge in [-0.3, -0.25) is 9.69 Å². The van der Waals surface area contributed by atoms with Crippen LogP contribution < -0.4 is 5.32 Å². The van der Waals surface area contributed by atoms with Crippen LogP contribution in [0.1, 0.15) is 30.9 Å². The molecule has 0 heterocycles. The summed E-state index contributed by atoms with van der Waals surface area (Å²) >= 11 is 6.14. The summed E-state index contributed by atoms with van der Waals surface area (Å²) in [6.07, 6.45) is 2.92. The lowest BCUT2D eigenvalue weighted by molar-refractivity contribution is -0.117. The van der Waals surface area contributed by atoms with Crippen LogP contribution in [0.15, 0.2) is 42.5 Å². The van der Waals surface area contributed by atoms with Crippen molar-refractivity contribution in [1.29, 1.82) is 0 Å². The molecular weight excluding hydrogens is 339 g/mol. The number of carbonyl (C=O) groups is 1. The van der Waals surface area contributed by atoms with Crippen molar-refractivity contribution in [3.8, 4) is 0 Å². The Balaban J connectivity index is 1.69. The van der Waals surface area contributed by atoms with E-state index in [2.05, 4.69) is 12.2 Å². The zero-order valence-corrected chi connectivity index (χ0v) is 15.0. The van der Waals surface area contributed by atoms with E-state index in [4.69, 9.17) is 11.6 Å². The Kier molecular flexibility index (Phi) is 5.71. The summed E-state index contributed by atoms with van der Waals surface area (Å²) in [6, 6.07) is 12.8. The molecule has 0 unspecified atom stereocenters. The maximum atomic E-state index is 14.1. The number of hydrogen-bond acceptors (Lipinski definition) is 2. The van der Waals surface area contributed by atoms with Gasteiger partial charge in [-0.25, -0.2) is 4.39 Å². The number of amides is 1. The molecule has 2 aromatic rings. The first-order chi connectivity index (χ1) is 12.1. The lowest BCUT2D eigenvalue weighted by atomic mass is 10.1. The van der Waals surface area contributed by atoms with Gasteiger partial charge in [-0.1, -0.05) is 42.8 Å². The molecule has 0 radical (unpaired) electrons. The molecule has 1 aliphatic carbocycles. The summed E-state index contributed by atoms with van der Waals surface area (Å²) in [6.45, 7) is 2.63. The fourth-order valence-corrected chi connectivity index (χ4v) is 3.19. The number of benzene rings is 2. The van der Waals surface area contributed by atoms with Gasteiger partial charge in [-0.2, -0.15) is 0 Å². The van der Waals surface area contributed by atoms with E-state index in [0.717, 1.165) is 30.5 Å². The zero-order valence-electron chi connectivity index (χ0n) is 14.3. The maximum absolute atomic E-state index is 14.1. The molecule has 0 atom stereocenters. The summed E-state index contributed by atoms with van der Waals surface area (Å²) in [5, 5.41) is 3.39. The van der Waals surface area contributed by atoms with Gasteiger partial charge in [-0.15, -0.1) is 0 Å². The summed E-state index contributed by atoms with van der Waals surface area (Å²) in [5.41, 5.74) is 2.40. The van der Waals surface area contributed by atoms with E-state index >= 15 is 0 Å². The van der Waals surface area contributed by atoms with Gasteiger partial charge in [0.15, 0.2) is 0 Å². The minimum Gasteiger partial charge on any atom is -0.325 e. The van der Waals surface area contributed by atoms with Gasteiger partial charge >= 0.3 is 0 Å². The number of anilines is 1. The van der Waals surface area contributed by atoms with Gasteiger partial charge in [0.05, 0.1) is 6.54 Å². The number of carbonyl (C=O) groups excluding carboxylic acids is 1. The molecule has 0 aromatic heterocycles. The van der Waals surface area contributed by atoms with E-state index in [9.17, 15) is 9.18 Å². The van der Waals surface area contributed by atoms with Crippen LogP contribution in [0.2, 0.25) is 5.02 Å². The highest BCUT2D eigenvalue weighted by molar-refractivity contribution is 6.31. The number of hydrogen-bond donors (Lipinski definition) is 1. The predicted molar refractivity (Wildman–Crippen MR) is 99.3 cm³/mol. The molecule has 1 fully saturated rings. The lowest BCUT2D eigenvalue weighted by Gasteiger charge is -2.22. The number of nitrogens with zero attached hydrogens (tertiary/aromatic N) is 1. The standard InChI is InChI=1S/C20H22ClFN2O/c1-2-14-6-3-4-9-19(14)23-20(25)13-24(15-10-11-15)12-16-17(21)7-5-8-18(16)22/h3-9,15H,2,10-13H2,1H3,(H,23,25). The number of nitrogens with one attached hydrogen (secondary N) is 1. The topological polar surface area (TPSA) is 32.3 Å². The highest BCUT2D eigenvalue weighted by atomic mass is 35.5. The third-order valence-electron chi connectivity index (χ3n) is 4.51. The third kappa shape index (κ3) is 4.59. The third-order valence-corrected chi connectivity index (χ3v) is 4.86. The van der Waals surface area contributed by atoms with E-state index in [1.54, 1.807) is 12.1 Å². The van der Waals surface area contributed by atoms with Crippen LogP contribution >= 0.6 is 11.6 Å². The molecule has 3 nitrogen and oxygen atoms in total. The molecule has 132 valence electrons. The van der Waals surface area contributed by atoms with Crippen LogP contribution in [-0.2, 0) is 17.8 Å². The predicted octanol–water partition coefficient (Wildman–Crippen LogP) is 4.64. The Morgan fingerprint density at radius 1 is 1.24 bits per heavy atom. The number of aryl methyl sites for hydroxylation is 1. The molecule has 1 saturated carbocycles. The number of para-hydroxylation sites is 1. The monoisotopic (exact) mass is 360 g/mol. The van der Waals surface area contributed by atoms with Crippen molar-refractivity contribution < 1.29 is 9.18 Å². The van der Waals surface area contributed by atoms with Crippen LogP contribution in [0.3, 0.4) is 0 Å². The molecule has 5 heteroatoms. The van der Waals surface area contributed by atoms with Crippen molar-refractivity contribution in [2.24, 2.45) is 0 Å². The molecule has 0 bridgehead atoms. The van der Waals surface area contributed by atoms with Gasteiger partial charge in [-0.05, 0) is 43.0 Å². The van der Waals surface area contributed by atoms with Crippen molar-refractivity contribution >= 4 is 23.2 Å². The second kappa shape index (κ2) is 7.98. The SMILES string of the molecule is CCc1ccccc1NC(=O)CN(Cc1c(F)cccc1Cl)C1CC1. The molecule has 1 N–H and O–H groups in total. The fourth-order valence-electron chi connectivity index (χ4n) is 2.97. The first kappa shape index (κ1) is 17.9. The molecule has 1 amide bonds. The first-order valence-corrected chi connectivity index (χ1v) is 9.01. The van der Waals surface area contributed by atoms with E-state index in [1.165, 1.54) is 6.07 Å². The van der Waals surface area contributed by atoms with E-state index in [1.807, 2.05) is 29.2 Å². The Bertz CT molecular complexity index is 741. The fraction of sp³-hybridized carbons (Fsp3) is 0.350. The van der Waals surface area contributed by atoms with Crippen LogP contribution in [-0.4, -0.2) is 23.4 Å². The molecule has 2 aromatic carbocycles. The van der Waals surface area contributed by atoms with Crippen molar-refractivity contribution in [1.82, 2.24) is 4.90 Å². The average Bonchev–Trinajstić information content (AvgIpc) is 3.42. The summed E-state index contributed by atoms with van der Waals surface area (Å²) in [7, 11) is 0. The molecule has 25 heavy (non-hydrogen) atoms. The molecule has 0 aliphatic heterocycles. The van der Waals surface area contributed by atoms with E-state index < -0.39 is 0 Å². The minimum atomic E-state index is -0.324. The normalized spacial score (nSPS) is 13.9. The number of halogens is 2. The van der Waals surface area contributed by atoms with Gasteiger partial charge in [0.2, 0.25) is 5.91 Å². The largest absolute Gasteiger partial charge is 0.325 e. The van der Waals surface area contributed by atoms with Gasteiger partial charge in [0.1, 0.15) is 5.82 Å². The van der Waals surface area contributed by atoms with Gasteiger partial charge in [0, 0.05) is 28.9 Å². The second-order valence-electron chi connectivity index (χ2n) is 6.40. The quantitative estimate of drug-likeness (QED) is 0.779. The lowest BCUT2D eigenvalue weighted by Crippen LogP contribution is -2.35. The summed E-state index contributed by atoms with van der Waals surface area (Å²) < 4.78 is 14.1. The zero-order chi connectivity index (χ0) is 17.8. The smallest absolute Gasteiger partial charge is 0.238 e.